The number of hydrogen-bond donors (Lipinski definition) is 1. The van der Waals surface area contributed by atoms with Crippen molar-refractivity contribution in [2.45, 2.75) is 19.1 Å². The summed E-state index contributed by atoms with van der Waals surface area (Å²) in [6.45, 7) is 3.77. The lowest BCUT2D eigenvalue weighted by atomic mass is 10.0. The largest absolute Gasteiger partial charge is 0.305 e. The molecule has 1 rings (SSSR count). The molecule has 0 radical (unpaired) electrons. The van der Waals surface area contributed by atoms with Crippen molar-refractivity contribution in [2.24, 2.45) is 0 Å². The van der Waals surface area contributed by atoms with Gasteiger partial charge in [0.05, 0.1) is 6.07 Å². The molecule has 0 aliphatic carbocycles. The summed E-state index contributed by atoms with van der Waals surface area (Å²) in [7, 11) is 0. The Bertz CT molecular complexity index is 409. The Morgan fingerprint density at radius 2 is 2.14 bits per heavy atom. The Hall–Kier alpha value is -1.18. The van der Waals surface area contributed by atoms with Crippen LogP contribution < -0.4 is 0 Å². The van der Waals surface area contributed by atoms with E-state index in [4.69, 9.17) is 9.81 Å². The Morgan fingerprint density at radius 1 is 1.50 bits per heavy atom. The number of rotatable bonds is 2. The molecule has 4 heteroatoms. The Kier molecular flexibility index (Phi) is 3.39. The van der Waals surface area contributed by atoms with Crippen molar-refractivity contribution in [3.8, 4) is 6.07 Å². The Labute approximate surface area is 85.7 Å². The molecule has 0 spiro atoms. The van der Waals surface area contributed by atoms with Gasteiger partial charge in [-0.2, -0.15) is 5.26 Å². The summed E-state index contributed by atoms with van der Waals surface area (Å²) in [5.74, 6) is 0. The molecule has 1 aromatic carbocycles. The van der Waals surface area contributed by atoms with E-state index in [9.17, 15) is 4.21 Å². The number of hydrogen-bond acceptors (Lipinski definition) is 2. The van der Waals surface area contributed by atoms with Gasteiger partial charge in [0, 0.05) is 0 Å². The summed E-state index contributed by atoms with van der Waals surface area (Å²) < 4.78 is 19.8. The van der Waals surface area contributed by atoms with Crippen LogP contribution in [0.1, 0.15) is 21.9 Å². The third kappa shape index (κ3) is 2.19. The second kappa shape index (κ2) is 4.36. The van der Waals surface area contributed by atoms with Gasteiger partial charge in [0.1, 0.15) is 0 Å². The summed E-state index contributed by atoms with van der Waals surface area (Å²) in [6.07, 6.45) is 0. The minimum Gasteiger partial charge on any atom is -0.305 e. The van der Waals surface area contributed by atoms with Crippen molar-refractivity contribution in [2.75, 3.05) is 0 Å². The molecule has 0 fully saturated rings. The topological polar surface area (TPSA) is 61.1 Å². The third-order valence-corrected chi connectivity index (χ3v) is 2.79. The van der Waals surface area contributed by atoms with Crippen molar-refractivity contribution in [3.63, 3.8) is 0 Å². The standard InChI is InChI=1S/C10H11NO2S/c1-7-3-4-9(8(2)5-7)10(6-11)14(12)13/h3-5,10H,1-2H3,(H,12,13). The van der Waals surface area contributed by atoms with E-state index in [0.29, 0.717) is 5.56 Å². The maximum atomic E-state index is 10.9. The molecule has 0 aliphatic rings. The molecule has 0 amide bonds. The first-order valence-corrected chi connectivity index (χ1v) is 5.29. The van der Waals surface area contributed by atoms with E-state index in [0.717, 1.165) is 11.1 Å². The van der Waals surface area contributed by atoms with E-state index >= 15 is 0 Å². The first kappa shape index (κ1) is 10.9. The normalized spacial score (nSPS) is 14.4. The van der Waals surface area contributed by atoms with Crippen molar-refractivity contribution < 1.29 is 8.76 Å². The van der Waals surface area contributed by atoms with Gasteiger partial charge in [-0.25, -0.2) is 4.21 Å². The van der Waals surface area contributed by atoms with Crippen LogP contribution in [0.2, 0.25) is 0 Å². The predicted molar refractivity (Wildman–Crippen MR) is 55.0 cm³/mol. The zero-order chi connectivity index (χ0) is 10.7. The van der Waals surface area contributed by atoms with Gasteiger partial charge in [-0.1, -0.05) is 23.8 Å². The van der Waals surface area contributed by atoms with Gasteiger partial charge >= 0.3 is 0 Å². The monoisotopic (exact) mass is 209 g/mol. The molecule has 0 aromatic heterocycles. The summed E-state index contributed by atoms with van der Waals surface area (Å²) in [4.78, 5) is 0. The van der Waals surface area contributed by atoms with E-state index in [1.807, 2.05) is 32.0 Å². The lowest BCUT2D eigenvalue weighted by molar-refractivity contribution is 0.558. The van der Waals surface area contributed by atoms with Crippen LogP contribution in [0.25, 0.3) is 0 Å². The van der Waals surface area contributed by atoms with Gasteiger partial charge in [-0.15, -0.1) is 0 Å². The number of nitriles is 1. The fourth-order valence-electron chi connectivity index (χ4n) is 1.34. The quantitative estimate of drug-likeness (QED) is 0.758. The lowest BCUT2D eigenvalue weighted by Gasteiger charge is -2.09. The van der Waals surface area contributed by atoms with E-state index in [1.54, 1.807) is 6.07 Å². The van der Waals surface area contributed by atoms with E-state index in [1.165, 1.54) is 0 Å². The zero-order valence-corrected chi connectivity index (χ0v) is 8.84. The summed E-state index contributed by atoms with van der Waals surface area (Å²) in [6, 6.07) is 7.29. The first-order valence-electron chi connectivity index (χ1n) is 4.12. The highest BCUT2D eigenvalue weighted by Gasteiger charge is 2.18. The molecule has 14 heavy (non-hydrogen) atoms. The van der Waals surface area contributed by atoms with Crippen molar-refractivity contribution >= 4 is 11.1 Å². The number of nitrogens with zero attached hydrogens (tertiary/aromatic N) is 1. The molecule has 0 saturated heterocycles. The molecule has 1 aromatic rings. The van der Waals surface area contributed by atoms with Crippen LogP contribution >= 0.6 is 0 Å². The maximum Gasteiger partial charge on any atom is 0.175 e. The van der Waals surface area contributed by atoms with Crippen LogP contribution in [0.15, 0.2) is 18.2 Å². The minimum atomic E-state index is -2.13. The number of benzene rings is 1. The smallest absolute Gasteiger partial charge is 0.175 e. The minimum absolute atomic E-state index is 0.624. The zero-order valence-electron chi connectivity index (χ0n) is 8.02. The second-order valence-electron chi connectivity index (χ2n) is 3.15. The van der Waals surface area contributed by atoms with Gasteiger partial charge in [0.2, 0.25) is 0 Å². The molecule has 2 unspecified atom stereocenters. The van der Waals surface area contributed by atoms with Crippen molar-refractivity contribution in [3.05, 3.63) is 34.9 Å². The molecule has 0 heterocycles. The van der Waals surface area contributed by atoms with Crippen molar-refractivity contribution in [1.82, 2.24) is 0 Å². The molecule has 0 bridgehead atoms. The maximum absolute atomic E-state index is 10.9. The summed E-state index contributed by atoms with van der Waals surface area (Å²) in [5.41, 5.74) is 2.57. The molecule has 0 saturated carbocycles. The van der Waals surface area contributed by atoms with Crippen LogP contribution in [0, 0.1) is 25.2 Å². The SMILES string of the molecule is Cc1ccc(C(C#N)S(=O)O)c(C)c1. The van der Waals surface area contributed by atoms with E-state index in [-0.39, 0.29) is 0 Å². The predicted octanol–water partition coefficient (Wildman–Crippen LogP) is 2.09. The molecule has 74 valence electrons. The fraction of sp³-hybridized carbons (Fsp3) is 0.300. The lowest BCUT2D eigenvalue weighted by Crippen LogP contribution is -2.05. The van der Waals surface area contributed by atoms with Gasteiger partial charge in [0.15, 0.2) is 16.3 Å². The molecule has 3 nitrogen and oxygen atoms in total. The van der Waals surface area contributed by atoms with E-state index < -0.39 is 16.3 Å². The average Bonchev–Trinajstić information content (AvgIpc) is 2.09. The fourth-order valence-corrected chi connectivity index (χ4v) is 1.91. The van der Waals surface area contributed by atoms with Crippen LogP contribution in [0.5, 0.6) is 0 Å². The third-order valence-electron chi connectivity index (χ3n) is 2.03. The van der Waals surface area contributed by atoms with Crippen molar-refractivity contribution in [1.29, 1.82) is 5.26 Å². The Morgan fingerprint density at radius 3 is 2.57 bits per heavy atom. The van der Waals surface area contributed by atoms with Gasteiger partial charge in [0.25, 0.3) is 0 Å². The summed E-state index contributed by atoms with van der Waals surface area (Å²) >= 11 is -2.13. The molecule has 1 N–H and O–H groups in total. The first-order chi connectivity index (χ1) is 6.56. The highest BCUT2D eigenvalue weighted by Crippen LogP contribution is 2.22. The molecule has 2 atom stereocenters. The average molecular weight is 209 g/mol. The molecule has 0 aliphatic heterocycles. The highest BCUT2D eigenvalue weighted by molar-refractivity contribution is 7.79. The number of aryl methyl sites for hydroxylation is 2. The summed E-state index contributed by atoms with van der Waals surface area (Å²) in [5, 5.41) is 7.79. The van der Waals surface area contributed by atoms with Crippen LogP contribution in [0.3, 0.4) is 0 Å². The van der Waals surface area contributed by atoms with Crippen LogP contribution in [-0.4, -0.2) is 8.76 Å². The van der Waals surface area contributed by atoms with Gasteiger partial charge in [-0.05, 0) is 25.0 Å². The van der Waals surface area contributed by atoms with Crippen LogP contribution in [-0.2, 0) is 11.1 Å². The van der Waals surface area contributed by atoms with E-state index in [2.05, 4.69) is 0 Å². The molecular formula is C10H11NO2S. The van der Waals surface area contributed by atoms with Gasteiger partial charge in [-0.3, -0.25) is 0 Å². The Balaban J connectivity index is 3.19. The van der Waals surface area contributed by atoms with Gasteiger partial charge < -0.3 is 4.55 Å². The molecular weight excluding hydrogens is 198 g/mol. The second-order valence-corrected chi connectivity index (χ2v) is 4.17. The highest BCUT2D eigenvalue weighted by atomic mass is 32.2. The van der Waals surface area contributed by atoms with Crippen LogP contribution in [0.4, 0.5) is 0 Å².